The standard InChI is InChI=1S/C24H25ClN2O5S/c1-13(21(29)14-5-8-16(9-6-14)26-23(31)24(2,3)4)32-20(28)12-19-22(30)27-17-11-15(25)7-10-18(17)33-19/h5-11,13,19H,12H2,1-4H3,(H,26,31)(H,27,30). The van der Waals surface area contributed by atoms with Gasteiger partial charge in [0, 0.05) is 26.6 Å². The quantitative estimate of drug-likeness (QED) is 0.441. The molecule has 0 fully saturated rings. The number of ether oxygens (including phenoxy) is 1. The van der Waals surface area contributed by atoms with Crippen LogP contribution in [0.15, 0.2) is 47.4 Å². The number of amides is 2. The molecule has 0 saturated heterocycles. The van der Waals surface area contributed by atoms with Gasteiger partial charge >= 0.3 is 5.97 Å². The van der Waals surface area contributed by atoms with E-state index < -0.39 is 22.7 Å². The van der Waals surface area contributed by atoms with Gasteiger partial charge < -0.3 is 15.4 Å². The first-order chi connectivity index (χ1) is 15.4. The van der Waals surface area contributed by atoms with Crippen LogP contribution in [0.1, 0.15) is 44.5 Å². The third kappa shape index (κ3) is 6.36. The molecule has 9 heteroatoms. The number of fused-ring (bicyclic) bond motifs is 1. The molecule has 0 bridgehead atoms. The Kier molecular flexibility index (Phi) is 7.49. The molecule has 2 aromatic carbocycles. The highest BCUT2D eigenvalue weighted by Crippen LogP contribution is 2.38. The molecule has 0 aliphatic carbocycles. The van der Waals surface area contributed by atoms with Gasteiger partial charge in [-0.15, -0.1) is 11.8 Å². The van der Waals surface area contributed by atoms with Gasteiger partial charge in [0.15, 0.2) is 6.10 Å². The number of hydrogen-bond donors (Lipinski definition) is 2. The van der Waals surface area contributed by atoms with Crippen LogP contribution in [0, 0.1) is 5.41 Å². The lowest BCUT2D eigenvalue weighted by molar-refractivity contribution is -0.147. The number of carbonyl (C=O) groups is 4. The molecule has 3 rings (SSSR count). The molecule has 1 aliphatic rings. The number of thioether (sulfide) groups is 1. The van der Waals surface area contributed by atoms with Crippen molar-refractivity contribution in [2.45, 2.75) is 50.4 Å². The van der Waals surface area contributed by atoms with E-state index in [1.807, 2.05) is 0 Å². The topological polar surface area (TPSA) is 102 Å². The molecule has 2 aromatic rings. The van der Waals surface area contributed by atoms with Gasteiger partial charge in [0.2, 0.25) is 17.6 Å². The lowest BCUT2D eigenvalue weighted by Gasteiger charge is -2.24. The fraction of sp³-hybridized carbons (Fsp3) is 0.333. The first-order valence-electron chi connectivity index (χ1n) is 10.4. The molecule has 0 aromatic heterocycles. The maximum Gasteiger partial charge on any atom is 0.308 e. The molecule has 2 amide bonds. The van der Waals surface area contributed by atoms with Crippen molar-refractivity contribution in [2.75, 3.05) is 10.6 Å². The molecule has 0 spiro atoms. The van der Waals surface area contributed by atoms with Crippen LogP contribution in [0.2, 0.25) is 5.02 Å². The zero-order valence-corrected chi connectivity index (χ0v) is 20.3. The number of anilines is 2. The molecule has 2 unspecified atom stereocenters. The summed E-state index contributed by atoms with van der Waals surface area (Å²) in [6, 6.07) is 11.5. The van der Waals surface area contributed by atoms with Crippen molar-refractivity contribution in [2.24, 2.45) is 5.41 Å². The van der Waals surface area contributed by atoms with Crippen LogP contribution in [0.3, 0.4) is 0 Å². The Balaban J connectivity index is 1.56. The summed E-state index contributed by atoms with van der Waals surface area (Å²) in [6.45, 7) is 6.90. The number of nitrogens with one attached hydrogen (secondary N) is 2. The summed E-state index contributed by atoms with van der Waals surface area (Å²) >= 11 is 7.20. The van der Waals surface area contributed by atoms with Gasteiger partial charge in [-0.1, -0.05) is 32.4 Å². The van der Waals surface area contributed by atoms with Crippen molar-refractivity contribution >= 4 is 58.3 Å². The number of hydrogen-bond acceptors (Lipinski definition) is 6. The van der Waals surface area contributed by atoms with Gasteiger partial charge in [-0.3, -0.25) is 19.2 Å². The number of Topliss-reactive ketones (excluding diaryl/α,β-unsaturated/α-hetero) is 1. The molecule has 2 N–H and O–H groups in total. The van der Waals surface area contributed by atoms with E-state index in [0.29, 0.717) is 22.0 Å². The van der Waals surface area contributed by atoms with Gasteiger partial charge in [-0.25, -0.2) is 0 Å². The molecule has 1 aliphatic heterocycles. The summed E-state index contributed by atoms with van der Waals surface area (Å²) < 4.78 is 5.29. The van der Waals surface area contributed by atoms with E-state index in [4.69, 9.17) is 16.3 Å². The SMILES string of the molecule is CC(OC(=O)CC1Sc2ccc(Cl)cc2NC1=O)C(=O)c1ccc(NC(=O)C(C)(C)C)cc1. The largest absolute Gasteiger partial charge is 0.454 e. The van der Waals surface area contributed by atoms with E-state index >= 15 is 0 Å². The van der Waals surface area contributed by atoms with E-state index in [-0.39, 0.29) is 24.0 Å². The van der Waals surface area contributed by atoms with Crippen molar-refractivity contribution in [3.8, 4) is 0 Å². The first-order valence-corrected chi connectivity index (χ1v) is 11.6. The van der Waals surface area contributed by atoms with E-state index in [1.54, 1.807) is 63.2 Å². The molecule has 7 nitrogen and oxygen atoms in total. The monoisotopic (exact) mass is 488 g/mol. The number of carbonyl (C=O) groups excluding carboxylic acids is 4. The van der Waals surface area contributed by atoms with Crippen molar-refractivity contribution in [3.63, 3.8) is 0 Å². The minimum Gasteiger partial charge on any atom is -0.454 e. The van der Waals surface area contributed by atoms with E-state index in [2.05, 4.69) is 10.6 Å². The summed E-state index contributed by atoms with van der Waals surface area (Å²) in [6.07, 6.45) is -1.19. The van der Waals surface area contributed by atoms with E-state index in [1.165, 1.54) is 18.7 Å². The number of benzene rings is 2. The minimum absolute atomic E-state index is 0.140. The second kappa shape index (κ2) is 9.97. The molecular formula is C24H25ClN2O5S. The third-order valence-electron chi connectivity index (χ3n) is 4.90. The van der Waals surface area contributed by atoms with Crippen LogP contribution in [0.25, 0.3) is 0 Å². The lowest BCUT2D eigenvalue weighted by atomic mass is 9.95. The highest BCUT2D eigenvalue weighted by molar-refractivity contribution is 8.01. The van der Waals surface area contributed by atoms with Crippen molar-refractivity contribution in [3.05, 3.63) is 53.1 Å². The predicted octanol–water partition coefficient (Wildman–Crippen LogP) is 4.94. The average molecular weight is 489 g/mol. The van der Waals surface area contributed by atoms with Crippen molar-refractivity contribution < 1.29 is 23.9 Å². The molecule has 174 valence electrons. The molecule has 1 heterocycles. The number of esters is 1. The predicted molar refractivity (Wildman–Crippen MR) is 129 cm³/mol. The van der Waals surface area contributed by atoms with Gasteiger partial charge in [0.05, 0.1) is 17.4 Å². The van der Waals surface area contributed by atoms with Crippen LogP contribution in [0.5, 0.6) is 0 Å². The highest BCUT2D eigenvalue weighted by Gasteiger charge is 2.31. The van der Waals surface area contributed by atoms with Gasteiger partial charge in [-0.2, -0.15) is 0 Å². The summed E-state index contributed by atoms with van der Waals surface area (Å²) in [5.74, 6) is -1.48. The maximum absolute atomic E-state index is 12.7. The Morgan fingerprint density at radius 3 is 2.45 bits per heavy atom. The number of rotatable bonds is 6. The third-order valence-corrected chi connectivity index (χ3v) is 6.41. The molecule has 0 radical (unpaired) electrons. The maximum atomic E-state index is 12.7. The fourth-order valence-electron chi connectivity index (χ4n) is 2.98. The average Bonchev–Trinajstić information content (AvgIpc) is 2.73. The smallest absolute Gasteiger partial charge is 0.308 e. The van der Waals surface area contributed by atoms with Gasteiger partial charge in [0.25, 0.3) is 0 Å². The van der Waals surface area contributed by atoms with Gasteiger partial charge in [0.1, 0.15) is 0 Å². The van der Waals surface area contributed by atoms with Crippen molar-refractivity contribution in [1.82, 2.24) is 0 Å². The summed E-state index contributed by atoms with van der Waals surface area (Å²) in [7, 11) is 0. The zero-order chi connectivity index (χ0) is 24.3. The lowest BCUT2D eigenvalue weighted by Crippen LogP contribution is -2.33. The first kappa shape index (κ1) is 24.8. The van der Waals surface area contributed by atoms with Crippen LogP contribution in [-0.2, 0) is 19.1 Å². The second-order valence-electron chi connectivity index (χ2n) is 8.72. The Morgan fingerprint density at radius 2 is 1.82 bits per heavy atom. The fourth-order valence-corrected chi connectivity index (χ4v) is 4.23. The second-order valence-corrected chi connectivity index (χ2v) is 10.4. The van der Waals surface area contributed by atoms with Crippen LogP contribution in [0.4, 0.5) is 11.4 Å². The molecule has 0 saturated carbocycles. The Labute approximate surface area is 201 Å². The summed E-state index contributed by atoms with van der Waals surface area (Å²) in [5, 5.41) is 5.36. The summed E-state index contributed by atoms with van der Waals surface area (Å²) in [5.41, 5.74) is 0.977. The van der Waals surface area contributed by atoms with E-state index in [9.17, 15) is 19.2 Å². The Morgan fingerprint density at radius 1 is 1.15 bits per heavy atom. The normalized spacial score (nSPS) is 16.3. The van der Waals surface area contributed by atoms with E-state index in [0.717, 1.165) is 4.90 Å². The van der Waals surface area contributed by atoms with Crippen LogP contribution in [-0.4, -0.2) is 34.9 Å². The summed E-state index contributed by atoms with van der Waals surface area (Å²) in [4.78, 5) is 50.3. The zero-order valence-electron chi connectivity index (χ0n) is 18.7. The van der Waals surface area contributed by atoms with Gasteiger partial charge in [-0.05, 0) is 49.4 Å². The highest BCUT2D eigenvalue weighted by atomic mass is 35.5. The Hall–Kier alpha value is -2.84. The molecular weight excluding hydrogens is 464 g/mol. The van der Waals surface area contributed by atoms with Crippen molar-refractivity contribution in [1.29, 1.82) is 0 Å². The number of ketones is 1. The molecule has 33 heavy (non-hydrogen) atoms. The van der Waals surface area contributed by atoms with Crippen LogP contribution < -0.4 is 10.6 Å². The number of halogens is 1. The van der Waals surface area contributed by atoms with Crippen LogP contribution >= 0.6 is 23.4 Å². The molecule has 2 atom stereocenters. The minimum atomic E-state index is -1.02. The Bertz CT molecular complexity index is 1100.